The molecule has 0 saturated carbocycles. The lowest BCUT2D eigenvalue weighted by molar-refractivity contribution is 0.599. The van der Waals surface area contributed by atoms with E-state index in [2.05, 4.69) is 9.97 Å². The molecule has 5 nitrogen and oxygen atoms in total. The van der Waals surface area contributed by atoms with Gasteiger partial charge in [-0.1, -0.05) is 0 Å². The van der Waals surface area contributed by atoms with E-state index in [0.717, 1.165) is 6.26 Å². The number of aromatic amines is 1. The molecule has 0 aliphatic heterocycles. The fourth-order valence-electron chi connectivity index (χ4n) is 0.875. The van der Waals surface area contributed by atoms with Crippen molar-refractivity contribution in [1.82, 2.24) is 9.97 Å². The summed E-state index contributed by atoms with van der Waals surface area (Å²) in [5, 5.41) is 0. The van der Waals surface area contributed by atoms with Crippen LogP contribution in [0.4, 0.5) is 0 Å². The fraction of sp³-hybridized carbons (Fsp3) is 0.429. The van der Waals surface area contributed by atoms with Crippen LogP contribution in [0.25, 0.3) is 0 Å². The van der Waals surface area contributed by atoms with Gasteiger partial charge in [-0.05, 0) is 0 Å². The van der Waals surface area contributed by atoms with Crippen molar-refractivity contribution in [2.45, 2.75) is 11.6 Å². The first-order valence-electron chi connectivity index (χ1n) is 3.73. The number of nitrogens with zero attached hydrogens (tertiary/aromatic N) is 1. The second kappa shape index (κ2) is 4.10. The maximum absolute atomic E-state index is 11.2. The van der Waals surface area contributed by atoms with Crippen molar-refractivity contribution in [3.05, 3.63) is 27.9 Å². The van der Waals surface area contributed by atoms with Crippen molar-refractivity contribution in [2.24, 2.45) is 0 Å². The third-order valence-corrected chi connectivity index (χ3v) is 2.55. The van der Waals surface area contributed by atoms with Gasteiger partial charge in [-0.15, -0.1) is 11.6 Å². The van der Waals surface area contributed by atoms with Crippen molar-refractivity contribution in [1.29, 1.82) is 0 Å². The molecule has 0 aliphatic carbocycles. The van der Waals surface area contributed by atoms with E-state index in [4.69, 9.17) is 11.6 Å². The standard InChI is InChI=1S/C7H9ClN2O3S/c1-14(12,13)4-6-9-3-5(2-8)7(11)10-6/h3H,2,4H2,1H3,(H,9,10,11). The molecule has 1 heterocycles. The van der Waals surface area contributed by atoms with Gasteiger partial charge in [0.05, 0.1) is 11.4 Å². The smallest absolute Gasteiger partial charge is 0.255 e. The molecule has 0 saturated heterocycles. The molecule has 1 aromatic rings. The van der Waals surface area contributed by atoms with Crippen LogP contribution >= 0.6 is 11.6 Å². The predicted molar refractivity (Wildman–Crippen MR) is 53.0 cm³/mol. The van der Waals surface area contributed by atoms with E-state index in [1.165, 1.54) is 6.20 Å². The van der Waals surface area contributed by atoms with Gasteiger partial charge in [0.2, 0.25) is 0 Å². The van der Waals surface area contributed by atoms with Crippen molar-refractivity contribution in [2.75, 3.05) is 6.26 Å². The number of alkyl halides is 1. The van der Waals surface area contributed by atoms with Crippen molar-refractivity contribution in [3.63, 3.8) is 0 Å². The lowest BCUT2D eigenvalue weighted by Crippen LogP contribution is -2.17. The highest BCUT2D eigenvalue weighted by Gasteiger charge is 2.07. The predicted octanol–water partition coefficient (Wildman–Crippen LogP) is 0.0533. The molecule has 14 heavy (non-hydrogen) atoms. The molecule has 0 aromatic carbocycles. The molecular weight excluding hydrogens is 228 g/mol. The zero-order valence-corrected chi connectivity index (χ0v) is 9.02. The number of hydrogen-bond acceptors (Lipinski definition) is 4. The molecule has 7 heteroatoms. The molecule has 1 rings (SSSR count). The van der Waals surface area contributed by atoms with E-state index < -0.39 is 15.4 Å². The van der Waals surface area contributed by atoms with E-state index in [-0.39, 0.29) is 17.5 Å². The van der Waals surface area contributed by atoms with Gasteiger partial charge in [0.25, 0.3) is 5.56 Å². The van der Waals surface area contributed by atoms with Gasteiger partial charge < -0.3 is 4.98 Å². The molecule has 0 atom stereocenters. The highest BCUT2D eigenvalue weighted by atomic mass is 35.5. The third kappa shape index (κ3) is 3.12. The SMILES string of the molecule is CS(=O)(=O)Cc1ncc(CCl)c(=O)[nH]1. The first-order valence-corrected chi connectivity index (χ1v) is 6.32. The number of halogens is 1. The molecular formula is C7H9ClN2O3S. The van der Waals surface area contributed by atoms with E-state index in [9.17, 15) is 13.2 Å². The molecule has 1 aromatic heterocycles. The van der Waals surface area contributed by atoms with Gasteiger partial charge in [0.15, 0.2) is 9.84 Å². The highest BCUT2D eigenvalue weighted by molar-refractivity contribution is 7.89. The quantitative estimate of drug-likeness (QED) is 0.753. The monoisotopic (exact) mass is 236 g/mol. The summed E-state index contributed by atoms with van der Waals surface area (Å²) in [4.78, 5) is 17.3. The van der Waals surface area contributed by atoms with E-state index in [0.29, 0.717) is 5.56 Å². The maximum Gasteiger partial charge on any atom is 0.255 e. The number of rotatable bonds is 3. The average molecular weight is 237 g/mol. The Hall–Kier alpha value is -0.880. The number of sulfone groups is 1. The van der Waals surface area contributed by atoms with Crippen LogP contribution in [0.15, 0.2) is 11.0 Å². The van der Waals surface area contributed by atoms with E-state index in [1.807, 2.05) is 0 Å². The summed E-state index contributed by atoms with van der Waals surface area (Å²) >= 11 is 5.44. The first-order chi connectivity index (χ1) is 6.42. The van der Waals surface area contributed by atoms with Crippen molar-refractivity contribution in [3.8, 4) is 0 Å². The molecule has 0 unspecified atom stereocenters. The topological polar surface area (TPSA) is 79.9 Å². The summed E-state index contributed by atoms with van der Waals surface area (Å²) in [7, 11) is -3.18. The van der Waals surface area contributed by atoms with Crippen LogP contribution in [0.2, 0.25) is 0 Å². The second-order valence-corrected chi connectivity index (χ2v) is 5.30. The van der Waals surface area contributed by atoms with Crippen molar-refractivity contribution >= 4 is 21.4 Å². The van der Waals surface area contributed by atoms with E-state index >= 15 is 0 Å². The van der Waals surface area contributed by atoms with Crippen LogP contribution in [0.1, 0.15) is 11.4 Å². The molecule has 1 N–H and O–H groups in total. The van der Waals surface area contributed by atoms with Crippen molar-refractivity contribution < 1.29 is 8.42 Å². The molecule has 0 fully saturated rings. The highest BCUT2D eigenvalue weighted by Crippen LogP contribution is 1.98. The largest absolute Gasteiger partial charge is 0.309 e. The van der Waals surface area contributed by atoms with Crippen LogP contribution in [-0.2, 0) is 21.5 Å². The Morgan fingerprint density at radius 2 is 2.21 bits per heavy atom. The summed E-state index contributed by atoms with van der Waals surface area (Å²) in [5.41, 5.74) is -0.0717. The Labute approximate surface area is 86.1 Å². The first kappa shape index (κ1) is 11.2. The molecule has 0 amide bonds. The van der Waals surface area contributed by atoms with Gasteiger partial charge in [-0.3, -0.25) is 4.79 Å². The minimum Gasteiger partial charge on any atom is -0.309 e. The molecule has 0 bridgehead atoms. The van der Waals surface area contributed by atoms with Crippen LogP contribution in [0, 0.1) is 0 Å². The molecule has 0 radical (unpaired) electrons. The van der Waals surface area contributed by atoms with Crippen LogP contribution in [0.5, 0.6) is 0 Å². The van der Waals surface area contributed by atoms with Gasteiger partial charge in [-0.25, -0.2) is 13.4 Å². The number of hydrogen-bond donors (Lipinski definition) is 1. The Morgan fingerprint density at radius 1 is 1.57 bits per heavy atom. The normalized spacial score (nSPS) is 11.6. The molecule has 0 spiro atoms. The van der Waals surface area contributed by atoms with Gasteiger partial charge in [0, 0.05) is 12.5 Å². The lowest BCUT2D eigenvalue weighted by Gasteiger charge is -1.99. The van der Waals surface area contributed by atoms with Crippen LogP contribution < -0.4 is 5.56 Å². The third-order valence-electron chi connectivity index (χ3n) is 1.47. The molecule has 78 valence electrons. The Morgan fingerprint density at radius 3 is 2.64 bits per heavy atom. The lowest BCUT2D eigenvalue weighted by atomic mass is 10.4. The summed E-state index contributed by atoms with van der Waals surface area (Å²) in [6.07, 6.45) is 2.36. The summed E-state index contributed by atoms with van der Waals surface area (Å²) in [6, 6.07) is 0. The second-order valence-electron chi connectivity index (χ2n) is 2.89. The zero-order chi connectivity index (χ0) is 10.8. The minimum atomic E-state index is -3.18. The van der Waals surface area contributed by atoms with Gasteiger partial charge >= 0.3 is 0 Å². The van der Waals surface area contributed by atoms with Gasteiger partial charge in [0.1, 0.15) is 11.6 Å². The molecule has 0 aliphatic rings. The average Bonchev–Trinajstić information content (AvgIpc) is 2.01. The van der Waals surface area contributed by atoms with Crippen LogP contribution in [0.3, 0.4) is 0 Å². The summed E-state index contributed by atoms with van der Waals surface area (Å²) < 4.78 is 21.8. The Kier molecular flexibility index (Phi) is 3.28. The zero-order valence-electron chi connectivity index (χ0n) is 7.45. The summed E-state index contributed by atoms with van der Waals surface area (Å²) in [6.45, 7) is 0. The van der Waals surface area contributed by atoms with Gasteiger partial charge in [-0.2, -0.15) is 0 Å². The minimum absolute atomic E-state index is 0.0570. The Bertz CT molecular complexity index is 480. The van der Waals surface area contributed by atoms with Crippen LogP contribution in [-0.4, -0.2) is 24.6 Å². The summed E-state index contributed by atoms with van der Waals surface area (Å²) in [5.74, 6) is -0.0851. The van der Waals surface area contributed by atoms with E-state index in [1.54, 1.807) is 0 Å². The Balaban J connectivity index is 3.04. The maximum atomic E-state index is 11.2. The number of aromatic nitrogens is 2. The number of nitrogens with one attached hydrogen (secondary N) is 1. The fourth-order valence-corrected chi connectivity index (χ4v) is 1.71. The number of H-pyrrole nitrogens is 1.